The Balaban J connectivity index is 0.00000110. The van der Waals surface area contributed by atoms with Gasteiger partial charge in [-0.05, 0) is 98.7 Å². The number of fused-ring (bicyclic) bond motifs is 20. The smallest absolute Gasteiger partial charge is 1.00 e. The third-order valence-electron chi connectivity index (χ3n) is 13.8. The summed E-state index contributed by atoms with van der Waals surface area (Å²) in [4.78, 5) is 0. The van der Waals surface area contributed by atoms with Gasteiger partial charge in [-0.25, -0.2) is 0 Å². The first-order chi connectivity index (χ1) is 19.8. The summed E-state index contributed by atoms with van der Waals surface area (Å²) in [7, 11) is 0. The van der Waals surface area contributed by atoms with Gasteiger partial charge >= 0.3 is 29.6 Å². The van der Waals surface area contributed by atoms with Gasteiger partial charge in [-0.1, -0.05) is 51.4 Å². The van der Waals surface area contributed by atoms with Gasteiger partial charge in [0.25, 0.3) is 0 Å². The van der Waals surface area contributed by atoms with Gasteiger partial charge in [-0.15, -0.1) is 0 Å². The molecule has 235 valence electrons. The van der Waals surface area contributed by atoms with Crippen LogP contribution >= 0.6 is 0 Å². The van der Waals surface area contributed by atoms with Gasteiger partial charge in [0.1, 0.15) is 0 Å². The van der Waals surface area contributed by atoms with Crippen molar-refractivity contribution >= 4 is 0 Å². The Hall–Kier alpha value is 1.19. The molecule has 0 aromatic heterocycles. The van der Waals surface area contributed by atoms with Crippen molar-refractivity contribution in [1.29, 1.82) is 0 Å². The quantitative estimate of drug-likeness (QED) is 0.173. The second-order valence-electron chi connectivity index (χ2n) is 15.6. The summed E-state index contributed by atoms with van der Waals surface area (Å²) in [5, 5.41) is 33.8. The van der Waals surface area contributed by atoms with E-state index in [9.17, 15) is 0 Å². The molecule has 0 spiro atoms. The van der Waals surface area contributed by atoms with Crippen molar-refractivity contribution in [2.24, 2.45) is 47.3 Å². The van der Waals surface area contributed by atoms with Gasteiger partial charge in [0.2, 0.25) is 0 Å². The molecule has 42 heavy (non-hydrogen) atoms. The zero-order chi connectivity index (χ0) is 26.2. The van der Waals surface area contributed by atoms with Gasteiger partial charge in [-0.3, -0.25) is 42.5 Å². The fourth-order valence-electron chi connectivity index (χ4n) is 12.0. The van der Waals surface area contributed by atoms with Crippen molar-refractivity contribution in [1.82, 2.24) is 42.5 Å². The van der Waals surface area contributed by atoms with Crippen molar-refractivity contribution in [3.63, 3.8) is 0 Å². The van der Waals surface area contributed by atoms with E-state index in [1.807, 2.05) is 0 Å². The fraction of sp³-hybridized carbons (Fsp3) is 1.00. The molecule has 5 saturated heterocycles. The third-order valence-corrected chi connectivity index (χ3v) is 13.8. The Bertz CT molecular complexity index is 730. The summed E-state index contributed by atoms with van der Waals surface area (Å²) < 4.78 is 0. The Morgan fingerprint density at radius 1 is 0.262 bits per heavy atom. The van der Waals surface area contributed by atoms with E-state index < -0.39 is 0 Å². The maximum atomic E-state index is 4.26. The average molecular weight is 636 g/mol. The Labute approximate surface area is 288 Å². The normalized spacial score (nSPS) is 54.9. The first kappa shape index (κ1) is 31.8. The molecule has 8 nitrogen and oxygen atoms in total. The summed E-state index contributed by atoms with van der Waals surface area (Å²) >= 11 is 0. The number of rotatable bonds is 0. The monoisotopic (exact) mass is 635 g/mol. The minimum Gasteiger partial charge on any atom is -1.00 e. The van der Waals surface area contributed by atoms with E-state index in [1.54, 1.807) is 0 Å². The summed E-state index contributed by atoms with van der Waals surface area (Å²) in [6.45, 7) is 0. The van der Waals surface area contributed by atoms with Crippen LogP contribution in [-0.2, 0) is 16.8 Å². The first-order valence-electron chi connectivity index (χ1n) is 17.9. The molecule has 4 saturated carbocycles. The SMILES string of the molecule is C1CCC2C3NC(NC4NC(NC5NC(NC6NC(N3)C3CCCCC63)C3CCCCC53)C3CCCCC43)C2C1.[Co].[H-].[Na+]. The average Bonchev–Trinajstić information content (AvgIpc) is 3.73. The number of hydrogen-bond donors (Lipinski definition) is 8. The molecule has 8 atom stereocenters. The van der Waals surface area contributed by atoms with Crippen LogP contribution in [0.4, 0.5) is 0 Å². The molecule has 0 aromatic rings. The molecule has 9 rings (SSSR count). The molecule has 8 N–H and O–H groups in total. The van der Waals surface area contributed by atoms with E-state index in [0.29, 0.717) is 49.3 Å². The van der Waals surface area contributed by atoms with Crippen LogP contribution < -0.4 is 72.1 Å². The van der Waals surface area contributed by atoms with Gasteiger partial charge in [0.15, 0.2) is 0 Å². The van der Waals surface area contributed by atoms with E-state index in [4.69, 9.17) is 0 Å². The van der Waals surface area contributed by atoms with E-state index in [1.165, 1.54) is 103 Å². The minimum absolute atomic E-state index is 0. The van der Waals surface area contributed by atoms with E-state index in [0.717, 1.165) is 47.3 Å². The van der Waals surface area contributed by atoms with Crippen molar-refractivity contribution in [3.8, 4) is 0 Å². The van der Waals surface area contributed by atoms with Crippen LogP contribution in [0.3, 0.4) is 0 Å². The molecule has 5 aliphatic heterocycles. The van der Waals surface area contributed by atoms with Gasteiger partial charge in [-0.2, -0.15) is 0 Å². The van der Waals surface area contributed by atoms with Gasteiger partial charge in [0, 0.05) is 16.8 Å². The Kier molecular flexibility index (Phi) is 10.1. The van der Waals surface area contributed by atoms with Gasteiger partial charge < -0.3 is 1.43 Å². The molecule has 8 unspecified atom stereocenters. The topological polar surface area (TPSA) is 96.2 Å². The largest absolute Gasteiger partial charge is 1.00 e. The number of nitrogens with one attached hydrogen (secondary N) is 8. The zero-order valence-electron chi connectivity index (χ0n) is 26.9. The Morgan fingerprint density at radius 3 is 0.500 bits per heavy atom. The summed E-state index contributed by atoms with van der Waals surface area (Å²) in [5.41, 5.74) is 0. The van der Waals surface area contributed by atoms with Crippen LogP contribution in [0.5, 0.6) is 0 Å². The molecule has 5 heterocycles. The van der Waals surface area contributed by atoms with Crippen LogP contribution in [0, 0.1) is 47.3 Å². The second kappa shape index (κ2) is 13.4. The van der Waals surface area contributed by atoms with E-state index >= 15 is 0 Å². The minimum atomic E-state index is 0. The maximum absolute atomic E-state index is 4.26. The van der Waals surface area contributed by atoms with E-state index in [2.05, 4.69) is 42.5 Å². The van der Waals surface area contributed by atoms with Crippen molar-refractivity contribution in [2.75, 3.05) is 0 Å². The number of hydrogen-bond acceptors (Lipinski definition) is 8. The molecule has 9 aliphatic rings. The molecule has 9 fully saturated rings. The van der Waals surface area contributed by atoms with Crippen molar-refractivity contribution in [3.05, 3.63) is 0 Å². The molecule has 1 radical (unpaired) electrons. The molecule has 0 aromatic carbocycles. The fourth-order valence-corrected chi connectivity index (χ4v) is 12.0. The summed E-state index contributed by atoms with van der Waals surface area (Å²) in [6.07, 6.45) is 25.6. The zero-order valence-corrected chi connectivity index (χ0v) is 28.9. The van der Waals surface area contributed by atoms with E-state index in [-0.39, 0.29) is 47.8 Å². The third kappa shape index (κ3) is 5.58. The second-order valence-corrected chi connectivity index (χ2v) is 15.6. The first-order valence-corrected chi connectivity index (χ1v) is 17.9. The van der Waals surface area contributed by atoms with Crippen LogP contribution in [0.25, 0.3) is 0 Å². The van der Waals surface area contributed by atoms with Crippen LogP contribution in [0.15, 0.2) is 0 Å². The Morgan fingerprint density at radius 2 is 0.381 bits per heavy atom. The molecule has 4 aliphatic carbocycles. The molecule has 10 heteroatoms. The molecule has 8 bridgehead atoms. The van der Waals surface area contributed by atoms with Crippen molar-refractivity contribution < 1.29 is 47.8 Å². The molecule has 0 amide bonds. The van der Waals surface area contributed by atoms with Crippen LogP contribution in [-0.4, -0.2) is 49.3 Å². The predicted molar refractivity (Wildman–Crippen MR) is 158 cm³/mol. The maximum Gasteiger partial charge on any atom is 1.00 e. The molecular weight excluding hydrogens is 578 g/mol. The van der Waals surface area contributed by atoms with Gasteiger partial charge in [0.05, 0.1) is 49.3 Å². The predicted octanol–water partition coefficient (Wildman–Crippen LogP) is -0.280. The van der Waals surface area contributed by atoms with Crippen molar-refractivity contribution in [2.45, 2.75) is 152 Å². The summed E-state index contributed by atoms with van der Waals surface area (Å²) in [5.74, 6) is 5.97. The molecular formula is C32H57CoN8Na. The van der Waals surface area contributed by atoms with Crippen LogP contribution in [0.1, 0.15) is 104 Å². The van der Waals surface area contributed by atoms with Crippen LogP contribution in [0.2, 0.25) is 0 Å². The summed E-state index contributed by atoms with van der Waals surface area (Å²) in [6, 6.07) is 0. The standard InChI is InChI=1S/C32H56N8.Co.Na.H/c1-2-10-18-17(9-1)25-33-26(18)38-28-21-13-5-6-14-22(21)30(35-28)40-32-24-16-8-7-15-23(24)31(36-32)39-29-20-12-4-3-11-19(20)27(34-29)37-25;;;/h17-40H,1-16H2;;;/q;;+1;-1.